The molecule has 0 fully saturated rings. The lowest BCUT2D eigenvalue weighted by molar-refractivity contribution is -0.146. The van der Waals surface area contributed by atoms with Crippen LogP contribution in [-0.4, -0.2) is 23.2 Å². The molecule has 3 nitrogen and oxygen atoms in total. The van der Waals surface area contributed by atoms with Crippen molar-refractivity contribution in [3.8, 4) is 0 Å². The summed E-state index contributed by atoms with van der Waals surface area (Å²) in [6.07, 6.45) is 17.6. The van der Waals surface area contributed by atoms with Gasteiger partial charge in [-0.25, -0.2) is 4.79 Å². The minimum atomic E-state index is -0.523. The van der Waals surface area contributed by atoms with Gasteiger partial charge in [-0.15, -0.1) is 11.8 Å². The molecule has 24 heavy (non-hydrogen) atoms. The molecule has 1 atom stereocenters. The van der Waals surface area contributed by atoms with Crippen molar-refractivity contribution in [1.82, 2.24) is 0 Å². The van der Waals surface area contributed by atoms with Crippen LogP contribution in [0.15, 0.2) is 0 Å². The Balaban J connectivity index is 3.21. The van der Waals surface area contributed by atoms with Crippen LogP contribution < -0.4 is 5.73 Å². The zero-order valence-corrected chi connectivity index (χ0v) is 17.2. The Morgan fingerprint density at radius 3 is 1.67 bits per heavy atom. The number of esters is 1. The van der Waals surface area contributed by atoms with E-state index in [4.69, 9.17) is 10.5 Å². The van der Waals surface area contributed by atoms with Gasteiger partial charge in [0.15, 0.2) is 5.37 Å². The minimum Gasteiger partial charge on any atom is -0.461 e. The number of hydrogen-bond acceptors (Lipinski definition) is 4. The molecule has 0 rings (SSSR count). The van der Waals surface area contributed by atoms with Gasteiger partial charge in [0.2, 0.25) is 0 Å². The minimum absolute atomic E-state index is 0.0829. The van der Waals surface area contributed by atoms with Crippen molar-refractivity contribution in [3.63, 3.8) is 0 Å². The zero-order chi connectivity index (χ0) is 18.0. The highest BCUT2D eigenvalue weighted by Crippen LogP contribution is 2.15. The Bertz CT molecular complexity index is 285. The molecule has 0 aromatic rings. The number of carbonyl (C=O) groups excluding carboxylic acids is 1. The van der Waals surface area contributed by atoms with E-state index in [1.807, 2.05) is 13.8 Å². The van der Waals surface area contributed by atoms with Crippen LogP contribution in [0.1, 0.15) is 104 Å². The summed E-state index contributed by atoms with van der Waals surface area (Å²) in [6, 6.07) is 0. The molecule has 144 valence electrons. The maximum Gasteiger partial charge on any atom is 0.333 e. The molecule has 4 heteroatoms. The van der Waals surface area contributed by atoms with E-state index in [1.54, 1.807) is 0 Å². The third kappa shape index (κ3) is 16.6. The lowest BCUT2D eigenvalue weighted by Crippen LogP contribution is -2.31. The fraction of sp³-hybridized carbons (Fsp3) is 0.950. The molecule has 0 bridgehead atoms. The highest BCUT2D eigenvalue weighted by molar-refractivity contribution is 8.00. The van der Waals surface area contributed by atoms with E-state index in [1.165, 1.54) is 88.8 Å². The molecular formula is C20H41NO2S. The van der Waals surface area contributed by atoms with E-state index in [9.17, 15) is 4.79 Å². The standard InChI is InChI=1S/C20H41NO2S/c1-4-5-6-7-8-9-10-11-12-13-14-15-16-17-24-19(21)20(22)23-18(2)3/h18-19H,4-17,21H2,1-3H3. The van der Waals surface area contributed by atoms with Crippen molar-refractivity contribution >= 4 is 17.7 Å². The normalized spacial score (nSPS) is 12.5. The van der Waals surface area contributed by atoms with Crippen molar-refractivity contribution in [2.45, 2.75) is 116 Å². The molecule has 0 radical (unpaired) electrons. The molecule has 0 aliphatic heterocycles. The van der Waals surface area contributed by atoms with Gasteiger partial charge in [-0.2, -0.15) is 0 Å². The molecule has 2 N–H and O–H groups in total. The Morgan fingerprint density at radius 1 is 0.833 bits per heavy atom. The Morgan fingerprint density at radius 2 is 1.25 bits per heavy atom. The summed E-state index contributed by atoms with van der Waals surface area (Å²) in [5.74, 6) is 0.663. The molecule has 0 saturated carbocycles. The monoisotopic (exact) mass is 359 g/mol. The highest BCUT2D eigenvalue weighted by Gasteiger charge is 2.16. The average Bonchev–Trinajstić information content (AvgIpc) is 2.54. The summed E-state index contributed by atoms with van der Waals surface area (Å²) in [5.41, 5.74) is 5.80. The lowest BCUT2D eigenvalue weighted by atomic mass is 10.1. The second-order valence-electron chi connectivity index (χ2n) is 7.02. The quantitative estimate of drug-likeness (QED) is 0.195. The Labute approximate surface area is 154 Å². The summed E-state index contributed by atoms with van der Waals surface area (Å²) < 4.78 is 5.10. The van der Waals surface area contributed by atoms with Crippen molar-refractivity contribution in [3.05, 3.63) is 0 Å². The third-order valence-corrected chi connectivity index (χ3v) is 5.21. The average molecular weight is 360 g/mol. The SMILES string of the molecule is CCCCCCCCCCCCCCCSC(N)C(=O)OC(C)C. The van der Waals surface area contributed by atoms with Crippen molar-refractivity contribution in [2.75, 3.05) is 5.75 Å². The Hall–Kier alpha value is -0.220. The van der Waals surface area contributed by atoms with Crippen molar-refractivity contribution < 1.29 is 9.53 Å². The first-order valence-electron chi connectivity index (χ1n) is 10.2. The summed E-state index contributed by atoms with van der Waals surface area (Å²) >= 11 is 1.51. The number of thioether (sulfide) groups is 1. The van der Waals surface area contributed by atoms with E-state index < -0.39 is 5.37 Å². The highest BCUT2D eigenvalue weighted by atomic mass is 32.2. The first-order chi connectivity index (χ1) is 11.6. The fourth-order valence-electron chi connectivity index (χ4n) is 2.70. The van der Waals surface area contributed by atoms with Crippen LogP contribution in [0.3, 0.4) is 0 Å². The largest absolute Gasteiger partial charge is 0.461 e. The molecule has 0 heterocycles. The lowest BCUT2D eigenvalue weighted by Gasteiger charge is -2.13. The van der Waals surface area contributed by atoms with E-state index in [2.05, 4.69) is 6.92 Å². The van der Waals surface area contributed by atoms with Gasteiger partial charge in [0.1, 0.15) is 0 Å². The predicted molar refractivity (Wildman–Crippen MR) is 107 cm³/mol. The fourth-order valence-corrected chi connectivity index (χ4v) is 3.51. The first kappa shape index (κ1) is 23.8. The molecule has 0 saturated heterocycles. The van der Waals surface area contributed by atoms with Crippen LogP contribution in [0.5, 0.6) is 0 Å². The predicted octanol–water partition coefficient (Wildman–Crippen LogP) is 6.05. The van der Waals surface area contributed by atoms with Gasteiger partial charge in [0, 0.05) is 0 Å². The second-order valence-corrected chi connectivity index (χ2v) is 8.27. The maximum absolute atomic E-state index is 11.6. The van der Waals surface area contributed by atoms with Crippen LogP contribution in [0.25, 0.3) is 0 Å². The second kappa shape index (κ2) is 17.6. The van der Waals surface area contributed by atoms with Gasteiger partial charge in [-0.05, 0) is 26.0 Å². The van der Waals surface area contributed by atoms with Crippen LogP contribution in [0.4, 0.5) is 0 Å². The van der Waals surface area contributed by atoms with Crippen molar-refractivity contribution in [2.24, 2.45) is 5.73 Å². The van der Waals surface area contributed by atoms with E-state index >= 15 is 0 Å². The smallest absolute Gasteiger partial charge is 0.333 e. The van der Waals surface area contributed by atoms with Gasteiger partial charge in [-0.1, -0.05) is 84.0 Å². The summed E-state index contributed by atoms with van der Waals surface area (Å²) in [4.78, 5) is 11.6. The number of hydrogen-bond donors (Lipinski definition) is 1. The molecule has 1 unspecified atom stereocenters. The van der Waals surface area contributed by atoms with Crippen LogP contribution in [-0.2, 0) is 9.53 Å². The van der Waals surface area contributed by atoms with Gasteiger partial charge in [0.05, 0.1) is 6.10 Å². The first-order valence-corrected chi connectivity index (χ1v) is 11.2. The van der Waals surface area contributed by atoms with Crippen LogP contribution in [0.2, 0.25) is 0 Å². The maximum atomic E-state index is 11.6. The molecule has 0 amide bonds. The van der Waals surface area contributed by atoms with Gasteiger partial charge in [-0.3, -0.25) is 0 Å². The molecule has 0 aromatic carbocycles. The summed E-state index contributed by atoms with van der Waals surface area (Å²) in [5, 5.41) is -0.523. The molecule has 0 aliphatic rings. The van der Waals surface area contributed by atoms with E-state index in [-0.39, 0.29) is 12.1 Å². The van der Waals surface area contributed by atoms with Gasteiger partial charge < -0.3 is 10.5 Å². The summed E-state index contributed by atoms with van der Waals surface area (Å²) in [6.45, 7) is 5.97. The number of ether oxygens (including phenoxy) is 1. The van der Waals surface area contributed by atoms with Gasteiger partial charge >= 0.3 is 5.97 Å². The number of rotatable bonds is 17. The Kier molecular flexibility index (Phi) is 17.4. The summed E-state index contributed by atoms with van der Waals surface area (Å²) in [7, 11) is 0. The number of nitrogens with two attached hydrogens (primary N) is 1. The molecule has 0 aromatic heterocycles. The van der Waals surface area contributed by atoms with Crippen LogP contribution in [0, 0.1) is 0 Å². The topological polar surface area (TPSA) is 52.3 Å². The molecule has 0 spiro atoms. The van der Waals surface area contributed by atoms with E-state index in [0.717, 1.165) is 12.2 Å². The van der Waals surface area contributed by atoms with Gasteiger partial charge in [0.25, 0.3) is 0 Å². The number of unbranched alkanes of at least 4 members (excludes halogenated alkanes) is 12. The third-order valence-electron chi connectivity index (χ3n) is 4.13. The molecular weight excluding hydrogens is 318 g/mol. The van der Waals surface area contributed by atoms with E-state index in [0.29, 0.717) is 0 Å². The molecule has 0 aliphatic carbocycles. The number of carbonyl (C=O) groups is 1. The zero-order valence-electron chi connectivity index (χ0n) is 16.4. The van der Waals surface area contributed by atoms with Crippen LogP contribution >= 0.6 is 11.8 Å². The van der Waals surface area contributed by atoms with Crippen molar-refractivity contribution in [1.29, 1.82) is 0 Å².